The Morgan fingerprint density at radius 1 is 1.07 bits per heavy atom. The molecule has 0 fully saturated rings. The fraction of sp³-hybridized carbons (Fsp3) is 0.227. The van der Waals surface area contributed by atoms with Gasteiger partial charge in [-0.2, -0.15) is 0 Å². The monoisotopic (exact) mass is 424 g/mol. The predicted octanol–water partition coefficient (Wildman–Crippen LogP) is 2.57. The molecule has 0 radical (unpaired) electrons. The standard InChI is InChI=1S/C22H24N4O3S/c23-18(22-26-19(14-30-22)21(28)25-11-10-20(24)27)12-15-6-8-17(9-7-15)29-13-16-4-2-1-3-5-16/h1-9,14,18H,10-13,23H2,(H2,24,27)(H,25,28). The molecule has 0 saturated heterocycles. The molecule has 1 aromatic heterocycles. The molecule has 7 nitrogen and oxygen atoms in total. The highest BCUT2D eigenvalue weighted by molar-refractivity contribution is 7.09. The zero-order valence-electron chi connectivity index (χ0n) is 16.4. The molecule has 0 spiro atoms. The number of primary amides is 1. The molecular formula is C22H24N4O3S. The van der Waals surface area contributed by atoms with Gasteiger partial charge in [-0.1, -0.05) is 42.5 Å². The number of ether oxygens (including phenoxy) is 1. The summed E-state index contributed by atoms with van der Waals surface area (Å²) in [5.41, 5.74) is 13.8. The van der Waals surface area contributed by atoms with Crippen molar-refractivity contribution >= 4 is 23.2 Å². The number of amides is 2. The summed E-state index contributed by atoms with van der Waals surface area (Å²) < 4.78 is 5.80. The van der Waals surface area contributed by atoms with E-state index in [1.807, 2.05) is 54.6 Å². The minimum absolute atomic E-state index is 0.0906. The van der Waals surface area contributed by atoms with Gasteiger partial charge in [-0.15, -0.1) is 11.3 Å². The van der Waals surface area contributed by atoms with Crippen LogP contribution in [0.4, 0.5) is 0 Å². The van der Waals surface area contributed by atoms with Gasteiger partial charge in [0.05, 0.1) is 6.04 Å². The average molecular weight is 425 g/mol. The molecule has 0 bridgehead atoms. The number of carbonyl (C=O) groups is 2. The second-order valence-electron chi connectivity index (χ2n) is 6.77. The number of benzene rings is 2. The zero-order valence-corrected chi connectivity index (χ0v) is 17.2. The number of thiazole rings is 1. The Kier molecular flexibility index (Phi) is 7.53. The van der Waals surface area contributed by atoms with Crippen LogP contribution in [0.5, 0.6) is 5.75 Å². The van der Waals surface area contributed by atoms with E-state index in [1.54, 1.807) is 5.38 Å². The molecule has 156 valence electrons. The van der Waals surface area contributed by atoms with Crippen molar-refractivity contribution in [2.75, 3.05) is 6.54 Å². The first-order valence-electron chi connectivity index (χ1n) is 9.54. The third kappa shape index (κ3) is 6.40. The third-order valence-corrected chi connectivity index (χ3v) is 5.33. The maximum Gasteiger partial charge on any atom is 0.270 e. The van der Waals surface area contributed by atoms with Crippen molar-refractivity contribution in [2.45, 2.75) is 25.5 Å². The number of hydrogen-bond acceptors (Lipinski definition) is 6. The minimum Gasteiger partial charge on any atom is -0.489 e. The third-order valence-electron chi connectivity index (χ3n) is 4.36. The number of nitrogens with two attached hydrogens (primary N) is 2. The fourth-order valence-corrected chi connectivity index (χ4v) is 3.56. The van der Waals surface area contributed by atoms with Gasteiger partial charge >= 0.3 is 0 Å². The van der Waals surface area contributed by atoms with Crippen molar-refractivity contribution in [2.24, 2.45) is 11.5 Å². The van der Waals surface area contributed by atoms with Gasteiger partial charge in [-0.25, -0.2) is 4.98 Å². The van der Waals surface area contributed by atoms with Crippen LogP contribution >= 0.6 is 11.3 Å². The normalized spacial score (nSPS) is 11.6. The quantitative estimate of drug-likeness (QED) is 0.462. The molecule has 1 atom stereocenters. The number of rotatable bonds is 10. The van der Waals surface area contributed by atoms with Gasteiger partial charge in [-0.05, 0) is 29.7 Å². The molecule has 0 aliphatic rings. The van der Waals surface area contributed by atoms with Crippen molar-refractivity contribution in [3.05, 3.63) is 81.8 Å². The van der Waals surface area contributed by atoms with Gasteiger partial charge in [0.15, 0.2) is 0 Å². The van der Waals surface area contributed by atoms with Crippen LogP contribution in [0.2, 0.25) is 0 Å². The molecule has 5 N–H and O–H groups in total. The van der Waals surface area contributed by atoms with Crippen LogP contribution in [-0.4, -0.2) is 23.3 Å². The van der Waals surface area contributed by atoms with E-state index in [-0.39, 0.29) is 24.9 Å². The highest BCUT2D eigenvalue weighted by Gasteiger charge is 2.16. The molecule has 0 saturated carbocycles. The molecule has 1 heterocycles. The van der Waals surface area contributed by atoms with Crippen LogP contribution in [0.3, 0.4) is 0 Å². The van der Waals surface area contributed by atoms with Crippen molar-refractivity contribution < 1.29 is 14.3 Å². The summed E-state index contributed by atoms with van der Waals surface area (Å²) in [6.07, 6.45) is 0.683. The lowest BCUT2D eigenvalue weighted by Crippen LogP contribution is -2.28. The highest BCUT2D eigenvalue weighted by Crippen LogP contribution is 2.22. The fourth-order valence-electron chi connectivity index (χ4n) is 2.76. The second kappa shape index (κ2) is 10.5. The molecule has 2 amide bonds. The molecule has 2 aromatic carbocycles. The first kappa shape index (κ1) is 21.5. The van der Waals surface area contributed by atoms with Crippen molar-refractivity contribution in [3.63, 3.8) is 0 Å². The van der Waals surface area contributed by atoms with E-state index in [1.165, 1.54) is 11.3 Å². The van der Waals surface area contributed by atoms with E-state index in [2.05, 4.69) is 10.3 Å². The first-order valence-corrected chi connectivity index (χ1v) is 10.4. The van der Waals surface area contributed by atoms with Crippen molar-refractivity contribution in [3.8, 4) is 5.75 Å². The van der Waals surface area contributed by atoms with Gasteiger partial charge in [0, 0.05) is 18.3 Å². The largest absolute Gasteiger partial charge is 0.489 e. The van der Waals surface area contributed by atoms with Crippen LogP contribution in [0, 0.1) is 0 Å². The maximum absolute atomic E-state index is 12.0. The van der Waals surface area contributed by atoms with Crippen LogP contribution in [0.1, 0.15) is 39.1 Å². The number of hydrogen-bond donors (Lipinski definition) is 3. The van der Waals surface area contributed by atoms with E-state index in [9.17, 15) is 9.59 Å². The Morgan fingerprint density at radius 3 is 2.50 bits per heavy atom. The minimum atomic E-state index is -0.465. The van der Waals surface area contributed by atoms with Gasteiger partial charge in [-0.3, -0.25) is 9.59 Å². The summed E-state index contributed by atoms with van der Waals surface area (Å²) in [7, 11) is 0. The summed E-state index contributed by atoms with van der Waals surface area (Å²) in [4.78, 5) is 27.1. The van der Waals surface area contributed by atoms with E-state index >= 15 is 0 Å². The summed E-state index contributed by atoms with van der Waals surface area (Å²) in [5.74, 6) is -0.0148. The van der Waals surface area contributed by atoms with E-state index in [0.29, 0.717) is 23.7 Å². The lowest BCUT2D eigenvalue weighted by molar-refractivity contribution is -0.117. The van der Waals surface area contributed by atoms with Gasteiger partial charge in [0.1, 0.15) is 23.1 Å². The lowest BCUT2D eigenvalue weighted by Gasteiger charge is -2.10. The molecule has 3 rings (SSSR count). The maximum atomic E-state index is 12.0. The van der Waals surface area contributed by atoms with Crippen LogP contribution < -0.4 is 21.5 Å². The summed E-state index contributed by atoms with van der Waals surface area (Å²) in [6.45, 7) is 0.703. The van der Waals surface area contributed by atoms with Gasteiger partial charge < -0.3 is 21.5 Å². The second-order valence-corrected chi connectivity index (χ2v) is 7.66. The van der Waals surface area contributed by atoms with Gasteiger partial charge in [0.25, 0.3) is 5.91 Å². The molecular weight excluding hydrogens is 400 g/mol. The Bertz CT molecular complexity index is 974. The molecule has 0 aliphatic carbocycles. The van der Waals surface area contributed by atoms with Crippen LogP contribution in [0.15, 0.2) is 60.0 Å². The average Bonchev–Trinajstić information content (AvgIpc) is 3.24. The summed E-state index contributed by atoms with van der Waals surface area (Å²) in [6, 6.07) is 17.5. The molecule has 0 aliphatic heterocycles. The van der Waals surface area contributed by atoms with Crippen LogP contribution in [0.25, 0.3) is 0 Å². The first-order chi connectivity index (χ1) is 14.5. The number of nitrogens with zero attached hydrogens (tertiary/aromatic N) is 1. The Morgan fingerprint density at radius 2 is 1.80 bits per heavy atom. The SMILES string of the molecule is NC(=O)CCNC(=O)c1csc(C(N)Cc2ccc(OCc3ccccc3)cc2)n1. The van der Waals surface area contributed by atoms with Crippen LogP contribution in [-0.2, 0) is 17.8 Å². The topological polar surface area (TPSA) is 120 Å². The van der Waals surface area contributed by atoms with E-state index in [0.717, 1.165) is 16.9 Å². The smallest absolute Gasteiger partial charge is 0.270 e. The summed E-state index contributed by atoms with van der Waals surface area (Å²) >= 11 is 1.34. The predicted molar refractivity (Wildman–Crippen MR) is 116 cm³/mol. The molecule has 3 aromatic rings. The highest BCUT2D eigenvalue weighted by atomic mass is 32.1. The summed E-state index contributed by atoms with van der Waals surface area (Å²) in [5, 5.41) is 4.95. The lowest BCUT2D eigenvalue weighted by atomic mass is 10.1. The van der Waals surface area contributed by atoms with Crippen molar-refractivity contribution in [1.29, 1.82) is 0 Å². The zero-order chi connectivity index (χ0) is 21.3. The molecule has 30 heavy (non-hydrogen) atoms. The number of aromatic nitrogens is 1. The van der Waals surface area contributed by atoms with Gasteiger partial charge in [0.2, 0.25) is 5.91 Å². The molecule has 8 heteroatoms. The Labute approximate surface area is 179 Å². The van der Waals surface area contributed by atoms with Crippen molar-refractivity contribution in [1.82, 2.24) is 10.3 Å². The Balaban J connectivity index is 1.50. The number of carbonyl (C=O) groups excluding carboxylic acids is 2. The molecule has 1 unspecified atom stereocenters. The van der Waals surface area contributed by atoms with E-state index < -0.39 is 5.91 Å². The van der Waals surface area contributed by atoms with E-state index in [4.69, 9.17) is 16.2 Å². The number of nitrogens with one attached hydrogen (secondary N) is 1. The Hall–Kier alpha value is -3.23.